The Kier molecular flexibility index (Phi) is 7.09. The molecule has 0 radical (unpaired) electrons. The van der Waals surface area contributed by atoms with E-state index in [1.807, 2.05) is 55.5 Å². The second kappa shape index (κ2) is 10.3. The van der Waals surface area contributed by atoms with Crippen molar-refractivity contribution in [3.63, 3.8) is 0 Å². The molecule has 0 unspecified atom stereocenters. The fourth-order valence-electron chi connectivity index (χ4n) is 9.74. The number of carbonyl (C=O) groups excluding carboxylic acids is 2. The van der Waals surface area contributed by atoms with Crippen molar-refractivity contribution in [1.29, 1.82) is 0 Å². The lowest BCUT2D eigenvalue weighted by atomic mass is 9.44. The summed E-state index contributed by atoms with van der Waals surface area (Å²) in [6, 6.07) is 18.4. The van der Waals surface area contributed by atoms with Crippen LogP contribution in [0.15, 0.2) is 60.7 Å². The van der Waals surface area contributed by atoms with E-state index in [9.17, 15) is 14.7 Å². The summed E-state index contributed by atoms with van der Waals surface area (Å²) in [6.07, 6.45) is 8.44. The van der Waals surface area contributed by atoms with Crippen molar-refractivity contribution in [2.24, 2.45) is 34.5 Å². The molecule has 9 atom stereocenters. The highest BCUT2D eigenvalue weighted by Gasteiger charge is 2.66. The summed E-state index contributed by atoms with van der Waals surface area (Å²) in [5.41, 5.74) is 0.109. The van der Waals surface area contributed by atoms with E-state index in [2.05, 4.69) is 13.8 Å². The minimum atomic E-state index is -1.02. The van der Waals surface area contributed by atoms with Gasteiger partial charge < -0.3 is 14.6 Å². The topological polar surface area (TPSA) is 72.8 Å². The van der Waals surface area contributed by atoms with Crippen LogP contribution in [-0.4, -0.2) is 34.9 Å². The summed E-state index contributed by atoms with van der Waals surface area (Å²) in [6.45, 7) is 6.65. The zero-order chi connectivity index (χ0) is 28.1. The van der Waals surface area contributed by atoms with Crippen LogP contribution >= 0.6 is 0 Å². The maximum absolute atomic E-state index is 12.9. The van der Waals surface area contributed by atoms with E-state index in [4.69, 9.17) is 9.47 Å². The van der Waals surface area contributed by atoms with Gasteiger partial charge in [-0.2, -0.15) is 0 Å². The van der Waals surface area contributed by atoms with Gasteiger partial charge in [0.25, 0.3) is 0 Å². The Morgan fingerprint density at radius 1 is 0.800 bits per heavy atom. The first kappa shape index (κ1) is 27.5. The number of benzene rings is 2. The molecule has 4 fully saturated rings. The lowest BCUT2D eigenvalue weighted by molar-refractivity contribution is -0.187. The first-order valence-electron chi connectivity index (χ1n) is 15.4. The summed E-state index contributed by atoms with van der Waals surface area (Å²) in [4.78, 5) is 25.6. The van der Waals surface area contributed by atoms with Gasteiger partial charge in [0.2, 0.25) is 0 Å². The molecule has 4 aliphatic carbocycles. The first-order chi connectivity index (χ1) is 19.2. The van der Waals surface area contributed by atoms with Gasteiger partial charge in [-0.05, 0) is 118 Å². The van der Waals surface area contributed by atoms with Crippen LogP contribution in [0.5, 0.6) is 0 Å². The van der Waals surface area contributed by atoms with Gasteiger partial charge in [-0.25, -0.2) is 9.59 Å². The highest BCUT2D eigenvalue weighted by atomic mass is 16.6. The smallest absolute Gasteiger partial charge is 0.338 e. The number of hydrogen-bond acceptors (Lipinski definition) is 5. The molecule has 4 saturated carbocycles. The van der Waals surface area contributed by atoms with E-state index in [-0.39, 0.29) is 28.9 Å². The van der Waals surface area contributed by atoms with E-state index in [1.165, 1.54) is 6.42 Å². The number of carbonyl (C=O) groups is 2. The molecule has 5 heteroatoms. The number of hydrogen-bond donors (Lipinski definition) is 1. The molecule has 2 aromatic carbocycles. The van der Waals surface area contributed by atoms with Gasteiger partial charge in [-0.1, -0.05) is 50.2 Å². The van der Waals surface area contributed by atoms with Crippen molar-refractivity contribution >= 4 is 11.9 Å². The number of rotatable bonds is 5. The predicted octanol–water partition coefficient (Wildman–Crippen LogP) is 7.23. The van der Waals surface area contributed by atoms with Gasteiger partial charge >= 0.3 is 11.9 Å². The highest BCUT2D eigenvalue weighted by Crippen LogP contribution is 2.69. The molecule has 0 saturated heterocycles. The molecule has 0 aromatic heterocycles. The van der Waals surface area contributed by atoms with E-state index in [0.29, 0.717) is 41.2 Å². The van der Waals surface area contributed by atoms with E-state index < -0.39 is 11.7 Å². The molecule has 5 nitrogen and oxygen atoms in total. The predicted molar refractivity (Wildman–Crippen MR) is 154 cm³/mol. The van der Waals surface area contributed by atoms with Crippen molar-refractivity contribution in [3.8, 4) is 0 Å². The normalized spacial score (nSPS) is 39.2. The monoisotopic (exact) mass is 544 g/mol. The fraction of sp³-hybridized carbons (Fsp3) is 0.600. The number of fused-ring (bicyclic) bond motifs is 5. The van der Waals surface area contributed by atoms with Gasteiger partial charge in [0.1, 0.15) is 17.8 Å². The van der Waals surface area contributed by atoms with E-state index in [1.54, 1.807) is 12.1 Å². The van der Waals surface area contributed by atoms with Gasteiger partial charge in [0.15, 0.2) is 0 Å². The lowest BCUT2D eigenvalue weighted by Gasteiger charge is -2.62. The third-order valence-electron chi connectivity index (χ3n) is 12.1. The molecule has 0 spiro atoms. The maximum atomic E-state index is 12.9. The Balaban J connectivity index is 1.14. The average Bonchev–Trinajstić information content (AvgIpc) is 3.25. The van der Waals surface area contributed by atoms with Crippen molar-refractivity contribution < 1.29 is 24.2 Å². The van der Waals surface area contributed by atoms with Crippen LogP contribution in [0.3, 0.4) is 0 Å². The van der Waals surface area contributed by atoms with Gasteiger partial charge in [-0.3, -0.25) is 0 Å². The minimum Gasteiger partial charge on any atom is -0.459 e. The van der Waals surface area contributed by atoms with Gasteiger partial charge in [0, 0.05) is 5.41 Å². The fourth-order valence-corrected chi connectivity index (χ4v) is 9.74. The van der Waals surface area contributed by atoms with E-state index in [0.717, 1.165) is 44.9 Å². The Labute approximate surface area is 238 Å². The van der Waals surface area contributed by atoms with Crippen LogP contribution in [-0.2, 0) is 9.47 Å². The van der Waals surface area contributed by atoms with E-state index >= 15 is 0 Å². The average molecular weight is 545 g/mol. The van der Waals surface area contributed by atoms with Crippen LogP contribution in [0, 0.1) is 34.5 Å². The van der Waals surface area contributed by atoms with Crippen LogP contribution < -0.4 is 0 Å². The molecule has 214 valence electrons. The van der Waals surface area contributed by atoms with Crippen molar-refractivity contribution in [3.05, 3.63) is 71.8 Å². The quantitative estimate of drug-likeness (QED) is 0.402. The Hall–Kier alpha value is -2.66. The molecule has 4 aliphatic rings. The molecule has 2 aromatic rings. The lowest BCUT2D eigenvalue weighted by Crippen LogP contribution is -2.60. The largest absolute Gasteiger partial charge is 0.459 e. The molecule has 0 heterocycles. The zero-order valence-electron chi connectivity index (χ0n) is 24.2. The Bertz CT molecular complexity index is 1230. The molecule has 1 N–H and O–H groups in total. The third-order valence-corrected chi connectivity index (χ3v) is 12.1. The third kappa shape index (κ3) is 4.40. The number of esters is 2. The summed E-state index contributed by atoms with van der Waals surface area (Å²) in [5.74, 6) is 1.63. The molecule has 6 rings (SSSR count). The molecular formula is C35H44O5. The van der Waals surface area contributed by atoms with Crippen LogP contribution in [0.4, 0.5) is 0 Å². The Morgan fingerprint density at radius 2 is 1.43 bits per heavy atom. The number of ether oxygens (including phenoxy) is 2. The second-order valence-electron chi connectivity index (χ2n) is 13.7. The summed E-state index contributed by atoms with van der Waals surface area (Å²) in [7, 11) is 0. The molecule has 40 heavy (non-hydrogen) atoms. The molecular weight excluding hydrogens is 500 g/mol. The molecule has 0 aliphatic heterocycles. The zero-order valence-corrected chi connectivity index (χ0v) is 24.2. The van der Waals surface area contributed by atoms with Crippen LogP contribution in [0.25, 0.3) is 0 Å². The first-order valence-corrected chi connectivity index (χ1v) is 15.4. The van der Waals surface area contributed by atoms with Crippen LogP contribution in [0.1, 0.15) is 99.3 Å². The minimum absolute atomic E-state index is 0.00657. The van der Waals surface area contributed by atoms with Crippen molar-refractivity contribution in [2.45, 2.75) is 96.4 Å². The van der Waals surface area contributed by atoms with Crippen molar-refractivity contribution in [2.75, 3.05) is 0 Å². The molecule has 0 amide bonds. The summed E-state index contributed by atoms with van der Waals surface area (Å²) in [5, 5.41) is 12.2. The summed E-state index contributed by atoms with van der Waals surface area (Å²) >= 11 is 0. The molecule has 0 bridgehead atoms. The van der Waals surface area contributed by atoms with Crippen molar-refractivity contribution in [1.82, 2.24) is 0 Å². The SMILES string of the molecule is C[C@H](OC(=O)c1ccccc1)[C@]1(O)CC[C@H]2[C@@H]3CC[C@H]4C[C@@H](OC(=O)c5ccccc5)CC[C@]4(C)[C@H]3CC[C@@]21C. The highest BCUT2D eigenvalue weighted by molar-refractivity contribution is 5.89. The number of aliphatic hydroxyl groups is 1. The second-order valence-corrected chi connectivity index (χ2v) is 13.7. The van der Waals surface area contributed by atoms with Gasteiger partial charge in [0.05, 0.1) is 11.1 Å². The van der Waals surface area contributed by atoms with Gasteiger partial charge in [-0.15, -0.1) is 0 Å². The Morgan fingerprint density at radius 3 is 2.10 bits per heavy atom. The summed E-state index contributed by atoms with van der Waals surface area (Å²) < 4.78 is 11.9. The maximum Gasteiger partial charge on any atom is 0.338 e. The van der Waals surface area contributed by atoms with Crippen LogP contribution in [0.2, 0.25) is 0 Å². The standard InChI is InChI=1S/C35H44O5/c1-23(39-31(36)24-10-6-4-7-11-24)35(38)21-18-30-28-15-14-26-22-27(40-32(37)25-12-8-5-9-13-25)16-19-33(26,2)29(28)17-20-34(30,35)3/h4-13,23,26-30,38H,14-22H2,1-3H3/t23-,26-,27-,28+,29-,30-,33-,34-,35+/m0/s1.